The van der Waals surface area contributed by atoms with Gasteiger partial charge in [0.15, 0.2) is 0 Å². The molecule has 1 aliphatic rings. The van der Waals surface area contributed by atoms with Crippen LogP contribution in [-0.2, 0) is 4.79 Å². The number of carboxylic acid groups (broad SMARTS) is 1. The molecule has 0 saturated heterocycles. The van der Waals surface area contributed by atoms with Crippen LogP contribution in [0.2, 0.25) is 0 Å². The molecule has 0 aromatic rings. The number of carboxylic acids is 1. The van der Waals surface area contributed by atoms with Crippen molar-refractivity contribution >= 4 is 12.0 Å². The summed E-state index contributed by atoms with van der Waals surface area (Å²) in [6, 6.07) is -0.274. The van der Waals surface area contributed by atoms with Crippen LogP contribution in [0.1, 0.15) is 51.4 Å². The molecule has 1 rings (SSSR count). The second kappa shape index (κ2) is 7.67. The molecular formula is C14H22N2O3. The molecule has 1 saturated carbocycles. The van der Waals surface area contributed by atoms with Gasteiger partial charge in [-0.05, 0) is 25.7 Å². The van der Waals surface area contributed by atoms with Gasteiger partial charge in [0.2, 0.25) is 0 Å². The molecule has 1 aliphatic carbocycles. The zero-order chi connectivity index (χ0) is 14.1. The maximum Gasteiger partial charge on any atom is 0.315 e. The van der Waals surface area contributed by atoms with Crippen LogP contribution in [0, 0.1) is 12.3 Å². The molecule has 0 radical (unpaired) electrons. The second-order valence-corrected chi connectivity index (χ2v) is 5.10. The lowest BCUT2D eigenvalue weighted by Crippen LogP contribution is -2.51. The van der Waals surface area contributed by atoms with E-state index in [0.717, 1.165) is 38.5 Å². The summed E-state index contributed by atoms with van der Waals surface area (Å²) in [4.78, 5) is 22.6. The Morgan fingerprint density at radius 1 is 1.26 bits per heavy atom. The molecule has 0 spiro atoms. The quantitative estimate of drug-likeness (QED) is 0.486. The van der Waals surface area contributed by atoms with E-state index in [-0.39, 0.29) is 12.5 Å². The molecule has 0 aromatic carbocycles. The zero-order valence-electron chi connectivity index (χ0n) is 11.2. The van der Waals surface area contributed by atoms with E-state index in [9.17, 15) is 9.59 Å². The van der Waals surface area contributed by atoms with Crippen molar-refractivity contribution in [1.82, 2.24) is 10.6 Å². The first-order valence-electron chi connectivity index (χ1n) is 6.79. The lowest BCUT2D eigenvalue weighted by atomic mass is 9.93. The first-order chi connectivity index (χ1) is 9.08. The van der Waals surface area contributed by atoms with E-state index in [2.05, 4.69) is 16.6 Å². The predicted octanol–water partition coefficient (Wildman–Crippen LogP) is 1.88. The summed E-state index contributed by atoms with van der Waals surface area (Å²) in [6.45, 7) is 0.566. The highest BCUT2D eigenvalue weighted by molar-refractivity contribution is 5.76. The average Bonchev–Trinajstić information content (AvgIpc) is 2.76. The van der Waals surface area contributed by atoms with Gasteiger partial charge in [-0.1, -0.05) is 12.8 Å². The number of unbranched alkanes of at least 4 members (excludes halogenated alkanes) is 2. The number of rotatable bonds is 7. The van der Waals surface area contributed by atoms with Gasteiger partial charge in [0, 0.05) is 13.0 Å². The van der Waals surface area contributed by atoms with Crippen molar-refractivity contribution in [3.05, 3.63) is 0 Å². The summed E-state index contributed by atoms with van der Waals surface area (Å²) < 4.78 is 0. The molecule has 3 N–H and O–H groups in total. The molecule has 0 aliphatic heterocycles. The van der Waals surface area contributed by atoms with Crippen LogP contribution < -0.4 is 10.6 Å². The van der Waals surface area contributed by atoms with Crippen molar-refractivity contribution in [2.24, 2.45) is 0 Å². The number of carbonyl (C=O) groups excluding carboxylic acids is 1. The van der Waals surface area contributed by atoms with Gasteiger partial charge >= 0.3 is 12.0 Å². The smallest absolute Gasteiger partial charge is 0.315 e. The molecule has 0 aromatic heterocycles. The maximum absolute atomic E-state index is 11.8. The van der Waals surface area contributed by atoms with Gasteiger partial charge in [-0.2, -0.15) is 0 Å². The van der Waals surface area contributed by atoms with E-state index in [1.165, 1.54) is 0 Å². The number of hydrogen-bond donors (Lipinski definition) is 3. The van der Waals surface area contributed by atoms with Crippen LogP contribution in [-0.4, -0.2) is 29.2 Å². The minimum Gasteiger partial charge on any atom is -0.481 e. The highest BCUT2D eigenvalue weighted by atomic mass is 16.4. The number of urea groups is 1. The summed E-state index contributed by atoms with van der Waals surface area (Å²) in [5, 5.41) is 14.5. The summed E-state index contributed by atoms with van der Waals surface area (Å²) in [7, 11) is 0. The Bertz CT molecular complexity index is 354. The monoisotopic (exact) mass is 266 g/mol. The van der Waals surface area contributed by atoms with Gasteiger partial charge in [-0.15, -0.1) is 12.3 Å². The fraction of sp³-hybridized carbons (Fsp3) is 0.714. The average molecular weight is 266 g/mol. The van der Waals surface area contributed by atoms with Crippen molar-refractivity contribution in [3.63, 3.8) is 0 Å². The molecule has 106 valence electrons. The van der Waals surface area contributed by atoms with Gasteiger partial charge < -0.3 is 15.7 Å². The Morgan fingerprint density at radius 2 is 1.95 bits per heavy atom. The van der Waals surface area contributed by atoms with E-state index < -0.39 is 11.5 Å². The van der Waals surface area contributed by atoms with Crippen LogP contribution in [0.25, 0.3) is 0 Å². The van der Waals surface area contributed by atoms with Crippen molar-refractivity contribution in [2.75, 3.05) is 6.54 Å². The minimum atomic E-state index is -0.865. The number of hydrogen-bond acceptors (Lipinski definition) is 2. The number of aliphatic carboxylic acids is 1. The van der Waals surface area contributed by atoms with Crippen LogP contribution >= 0.6 is 0 Å². The number of carbonyl (C=O) groups is 2. The first kappa shape index (κ1) is 15.4. The lowest BCUT2D eigenvalue weighted by molar-refractivity contribution is -0.138. The SMILES string of the molecule is C#CCCCCNC(=O)NC1(CC(=O)O)CCCC1. The van der Waals surface area contributed by atoms with Gasteiger partial charge in [0.1, 0.15) is 0 Å². The highest BCUT2D eigenvalue weighted by Crippen LogP contribution is 2.32. The third-order valence-corrected chi connectivity index (χ3v) is 3.46. The summed E-state index contributed by atoms with van der Waals surface area (Å²) in [6.07, 6.45) is 11.0. The summed E-state index contributed by atoms with van der Waals surface area (Å²) in [5.74, 6) is 1.68. The van der Waals surface area contributed by atoms with Gasteiger partial charge in [0.25, 0.3) is 0 Å². The molecule has 0 atom stereocenters. The van der Waals surface area contributed by atoms with Crippen LogP contribution in [0.15, 0.2) is 0 Å². The van der Waals surface area contributed by atoms with E-state index in [4.69, 9.17) is 11.5 Å². The molecule has 19 heavy (non-hydrogen) atoms. The van der Waals surface area contributed by atoms with Crippen LogP contribution in [0.5, 0.6) is 0 Å². The Labute approximate surface area is 114 Å². The third-order valence-electron chi connectivity index (χ3n) is 3.46. The molecular weight excluding hydrogens is 244 g/mol. The topological polar surface area (TPSA) is 78.4 Å². The summed E-state index contributed by atoms with van der Waals surface area (Å²) in [5.41, 5.74) is -0.561. The van der Waals surface area contributed by atoms with E-state index in [1.807, 2.05) is 0 Å². The van der Waals surface area contributed by atoms with Gasteiger partial charge in [-0.3, -0.25) is 4.79 Å². The highest BCUT2D eigenvalue weighted by Gasteiger charge is 2.37. The molecule has 1 fully saturated rings. The minimum absolute atomic E-state index is 0.00247. The molecule has 0 heterocycles. The maximum atomic E-state index is 11.8. The molecule has 0 unspecified atom stereocenters. The van der Waals surface area contributed by atoms with Crippen molar-refractivity contribution in [1.29, 1.82) is 0 Å². The van der Waals surface area contributed by atoms with Crippen molar-refractivity contribution < 1.29 is 14.7 Å². The Morgan fingerprint density at radius 3 is 2.53 bits per heavy atom. The molecule has 5 nitrogen and oxygen atoms in total. The number of nitrogens with one attached hydrogen (secondary N) is 2. The normalized spacial score (nSPS) is 16.6. The number of terminal acetylenes is 1. The standard InChI is InChI=1S/C14H22N2O3/c1-2-3-4-7-10-15-13(19)16-14(11-12(17)18)8-5-6-9-14/h1H,3-11H2,(H,17,18)(H2,15,16,19). The Hall–Kier alpha value is -1.70. The van der Waals surface area contributed by atoms with E-state index in [1.54, 1.807) is 0 Å². The van der Waals surface area contributed by atoms with E-state index in [0.29, 0.717) is 13.0 Å². The second-order valence-electron chi connectivity index (χ2n) is 5.10. The fourth-order valence-corrected chi connectivity index (χ4v) is 2.53. The van der Waals surface area contributed by atoms with E-state index >= 15 is 0 Å². The van der Waals surface area contributed by atoms with Crippen LogP contribution in [0.4, 0.5) is 4.79 Å². The first-order valence-corrected chi connectivity index (χ1v) is 6.79. The Balaban J connectivity index is 2.32. The molecule has 0 bridgehead atoms. The zero-order valence-corrected chi connectivity index (χ0v) is 11.2. The largest absolute Gasteiger partial charge is 0.481 e. The van der Waals surface area contributed by atoms with Gasteiger partial charge in [0.05, 0.1) is 12.0 Å². The van der Waals surface area contributed by atoms with Crippen molar-refractivity contribution in [3.8, 4) is 12.3 Å². The molecule has 5 heteroatoms. The third kappa shape index (κ3) is 5.64. The summed E-state index contributed by atoms with van der Waals surface area (Å²) >= 11 is 0. The Kier molecular flexibility index (Phi) is 6.20. The number of amides is 2. The van der Waals surface area contributed by atoms with Gasteiger partial charge in [-0.25, -0.2) is 4.79 Å². The van der Waals surface area contributed by atoms with Crippen molar-refractivity contribution in [2.45, 2.75) is 56.9 Å². The lowest BCUT2D eigenvalue weighted by Gasteiger charge is -2.28. The predicted molar refractivity (Wildman–Crippen MR) is 72.7 cm³/mol. The van der Waals surface area contributed by atoms with Crippen LogP contribution in [0.3, 0.4) is 0 Å². The molecule has 2 amide bonds. The fourth-order valence-electron chi connectivity index (χ4n) is 2.53.